The molecular weight excluding hydrogens is 308 g/mol. The van der Waals surface area contributed by atoms with E-state index >= 15 is 0 Å². The second kappa shape index (κ2) is 6.64. The maximum absolute atomic E-state index is 12.1. The molecule has 0 saturated heterocycles. The van der Waals surface area contributed by atoms with Gasteiger partial charge in [-0.2, -0.15) is 0 Å². The van der Waals surface area contributed by atoms with E-state index in [1.54, 1.807) is 42.6 Å². The van der Waals surface area contributed by atoms with Crippen LogP contribution in [-0.2, 0) is 16.1 Å². The van der Waals surface area contributed by atoms with Crippen LogP contribution in [0.5, 0.6) is 0 Å². The average Bonchev–Trinajstić information content (AvgIpc) is 2.60. The van der Waals surface area contributed by atoms with Gasteiger partial charge in [0.25, 0.3) is 5.56 Å². The molecule has 0 unspecified atom stereocenters. The van der Waals surface area contributed by atoms with E-state index in [-0.39, 0.29) is 12.2 Å². The molecule has 6 nitrogen and oxygen atoms in total. The van der Waals surface area contributed by atoms with E-state index in [1.165, 1.54) is 10.5 Å². The number of rotatable bonds is 4. The highest BCUT2D eigenvalue weighted by molar-refractivity contribution is 5.76. The molecule has 122 valence electrons. The summed E-state index contributed by atoms with van der Waals surface area (Å²) >= 11 is 0. The lowest BCUT2D eigenvalue weighted by Gasteiger charge is -2.11. The summed E-state index contributed by atoms with van der Waals surface area (Å²) in [5.74, 6) is -0.785. The lowest BCUT2D eigenvalue weighted by atomic mass is 10.1. The number of ether oxygens (including phenoxy) is 1. The summed E-state index contributed by atoms with van der Waals surface area (Å²) in [6.45, 7) is 1.70. The minimum absolute atomic E-state index is 0.178. The van der Waals surface area contributed by atoms with Gasteiger partial charge in [0, 0.05) is 12.3 Å². The SMILES string of the molecule is Cc1ccc2nc(COC(=O)[C@@H](O)c3ccccc3)cc(=O)n2c1. The summed E-state index contributed by atoms with van der Waals surface area (Å²) < 4.78 is 6.50. The predicted octanol–water partition coefficient (Wildman–Crippen LogP) is 1.78. The molecule has 1 aromatic carbocycles. The van der Waals surface area contributed by atoms with E-state index in [0.717, 1.165) is 5.56 Å². The number of fused-ring (bicyclic) bond motifs is 1. The van der Waals surface area contributed by atoms with Crippen LogP contribution < -0.4 is 5.56 Å². The van der Waals surface area contributed by atoms with Crippen LogP contribution in [0.1, 0.15) is 22.9 Å². The number of pyridine rings is 1. The molecule has 24 heavy (non-hydrogen) atoms. The fourth-order valence-corrected chi connectivity index (χ4v) is 2.33. The van der Waals surface area contributed by atoms with Crippen molar-refractivity contribution in [3.05, 3.63) is 81.9 Å². The van der Waals surface area contributed by atoms with Gasteiger partial charge in [0.05, 0.1) is 5.69 Å². The van der Waals surface area contributed by atoms with Crippen molar-refractivity contribution in [2.75, 3.05) is 0 Å². The third-order valence-electron chi connectivity index (χ3n) is 3.56. The second-order valence-corrected chi connectivity index (χ2v) is 5.44. The first-order valence-electron chi connectivity index (χ1n) is 7.43. The Hall–Kier alpha value is -2.99. The molecule has 0 aliphatic rings. The van der Waals surface area contributed by atoms with Crippen molar-refractivity contribution in [1.29, 1.82) is 0 Å². The van der Waals surface area contributed by atoms with Gasteiger partial charge in [0.1, 0.15) is 12.3 Å². The monoisotopic (exact) mass is 324 g/mol. The fourth-order valence-electron chi connectivity index (χ4n) is 2.33. The summed E-state index contributed by atoms with van der Waals surface area (Å²) in [5.41, 5.74) is 1.94. The van der Waals surface area contributed by atoms with Crippen LogP contribution in [0.2, 0.25) is 0 Å². The maximum Gasteiger partial charge on any atom is 0.340 e. The van der Waals surface area contributed by atoms with Crippen LogP contribution in [0.4, 0.5) is 0 Å². The molecule has 0 radical (unpaired) electrons. The highest BCUT2D eigenvalue weighted by atomic mass is 16.5. The molecule has 3 aromatic rings. The van der Waals surface area contributed by atoms with Crippen LogP contribution in [0, 0.1) is 6.92 Å². The zero-order valence-corrected chi connectivity index (χ0v) is 13.0. The molecule has 0 amide bonds. The Morgan fingerprint density at radius 2 is 2.00 bits per heavy atom. The number of carbonyl (C=O) groups excluding carboxylic acids is 1. The second-order valence-electron chi connectivity index (χ2n) is 5.44. The standard InChI is InChI=1S/C18H16N2O4/c1-12-7-8-15-19-14(9-16(21)20(15)10-12)11-24-18(23)17(22)13-5-3-2-4-6-13/h2-10,17,22H,11H2,1H3/t17-/m0/s1. The van der Waals surface area contributed by atoms with Crippen molar-refractivity contribution in [2.45, 2.75) is 19.6 Å². The van der Waals surface area contributed by atoms with Gasteiger partial charge in [-0.3, -0.25) is 9.20 Å². The zero-order valence-electron chi connectivity index (χ0n) is 13.0. The van der Waals surface area contributed by atoms with Gasteiger partial charge in [0.15, 0.2) is 6.10 Å². The first kappa shape index (κ1) is 15.9. The van der Waals surface area contributed by atoms with Gasteiger partial charge in [0.2, 0.25) is 0 Å². The fraction of sp³-hybridized carbons (Fsp3) is 0.167. The summed E-state index contributed by atoms with van der Waals surface area (Å²) in [6.07, 6.45) is 0.329. The van der Waals surface area contributed by atoms with Crippen molar-refractivity contribution >= 4 is 11.6 Å². The number of aliphatic hydroxyl groups is 1. The molecule has 0 bridgehead atoms. The normalized spacial score (nSPS) is 12.1. The Morgan fingerprint density at radius 3 is 2.75 bits per heavy atom. The molecule has 0 fully saturated rings. The van der Waals surface area contributed by atoms with E-state index in [9.17, 15) is 14.7 Å². The van der Waals surface area contributed by atoms with Crippen molar-refractivity contribution < 1.29 is 14.6 Å². The van der Waals surface area contributed by atoms with Crippen LogP contribution in [0.3, 0.4) is 0 Å². The molecule has 1 atom stereocenters. The van der Waals surface area contributed by atoms with Crippen molar-refractivity contribution in [3.63, 3.8) is 0 Å². The third kappa shape index (κ3) is 3.33. The summed E-state index contributed by atoms with van der Waals surface area (Å²) in [5, 5.41) is 9.96. The molecule has 6 heteroatoms. The van der Waals surface area contributed by atoms with Gasteiger partial charge in [-0.25, -0.2) is 9.78 Å². The number of esters is 1. The number of benzene rings is 1. The first-order chi connectivity index (χ1) is 11.5. The Balaban J connectivity index is 1.75. The predicted molar refractivity (Wildman–Crippen MR) is 87.4 cm³/mol. The number of hydrogen-bond acceptors (Lipinski definition) is 5. The van der Waals surface area contributed by atoms with Crippen LogP contribution in [0.15, 0.2) is 59.5 Å². The molecule has 1 N–H and O–H groups in total. The van der Waals surface area contributed by atoms with E-state index < -0.39 is 12.1 Å². The quantitative estimate of drug-likeness (QED) is 0.740. The lowest BCUT2D eigenvalue weighted by molar-refractivity contribution is -0.155. The highest BCUT2D eigenvalue weighted by Gasteiger charge is 2.19. The molecule has 0 saturated carbocycles. The molecule has 0 aliphatic carbocycles. The number of aliphatic hydroxyl groups excluding tert-OH is 1. The number of aryl methyl sites for hydroxylation is 1. The summed E-state index contributed by atoms with van der Waals surface area (Å²) in [4.78, 5) is 28.3. The van der Waals surface area contributed by atoms with Gasteiger partial charge in [-0.15, -0.1) is 0 Å². The minimum atomic E-state index is -1.37. The minimum Gasteiger partial charge on any atom is -0.457 e. The Morgan fingerprint density at radius 1 is 1.25 bits per heavy atom. The molecule has 2 heterocycles. The Bertz CT molecular complexity index is 935. The maximum atomic E-state index is 12.1. The molecule has 2 aromatic heterocycles. The number of aromatic nitrogens is 2. The van der Waals surface area contributed by atoms with Gasteiger partial charge in [-0.05, 0) is 24.1 Å². The van der Waals surface area contributed by atoms with Crippen molar-refractivity contribution in [3.8, 4) is 0 Å². The zero-order chi connectivity index (χ0) is 17.1. The Kier molecular flexibility index (Phi) is 4.39. The van der Waals surface area contributed by atoms with Crippen LogP contribution in [0.25, 0.3) is 5.65 Å². The van der Waals surface area contributed by atoms with E-state index in [0.29, 0.717) is 16.9 Å². The van der Waals surface area contributed by atoms with Crippen molar-refractivity contribution in [2.24, 2.45) is 0 Å². The van der Waals surface area contributed by atoms with Gasteiger partial charge < -0.3 is 9.84 Å². The number of nitrogens with zero attached hydrogens (tertiary/aromatic N) is 2. The molecule has 0 aliphatic heterocycles. The Labute approximate surface area is 138 Å². The van der Waals surface area contributed by atoms with Gasteiger partial charge >= 0.3 is 5.97 Å². The largest absolute Gasteiger partial charge is 0.457 e. The molecule has 0 spiro atoms. The summed E-state index contributed by atoms with van der Waals surface area (Å²) in [6, 6.07) is 13.4. The number of carbonyl (C=O) groups is 1. The highest BCUT2D eigenvalue weighted by Crippen LogP contribution is 2.14. The molecule has 3 rings (SSSR count). The smallest absolute Gasteiger partial charge is 0.340 e. The molecular formula is C18H16N2O4. The van der Waals surface area contributed by atoms with E-state index in [4.69, 9.17) is 4.74 Å². The average molecular weight is 324 g/mol. The van der Waals surface area contributed by atoms with Crippen LogP contribution >= 0.6 is 0 Å². The van der Waals surface area contributed by atoms with Gasteiger partial charge in [-0.1, -0.05) is 36.4 Å². The first-order valence-corrected chi connectivity index (χ1v) is 7.43. The van der Waals surface area contributed by atoms with Crippen LogP contribution in [-0.4, -0.2) is 20.5 Å². The lowest BCUT2D eigenvalue weighted by Crippen LogP contribution is -2.19. The number of hydrogen-bond donors (Lipinski definition) is 1. The van der Waals surface area contributed by atoms with E-state index in [1.807, 2.05) is 13.0 Å². The summed E-state index contributed by atoms with van der Waals surface area (Å²) in [7, 11) is 0. The third-order valence-corrected chi connectivity index (χ3v) is 3.56. The van der Waals surface area contributed by atoms with E-state index in [2.05, 4.69) is 4.98 Å². The van der Waals surface area contributed by atoms with Crippen molar-refractivity contribution in [1.82, 2.24) is 9.38 Å². The topological polar surface area (TPSA) is 80.9 Å².